The topological polar surface area (TPSA) is 50.2 Å². The lowest BCUT2D eigenvalue weighted by Gasteiger charge is -2.38. The molecule has 22 heavy (non-hydrogen) atoms. The van der Waals surface area contributed by atoms with Crippen molar-refractivity contribution in [2.75, 3.05) is 12.3 Å². The summed E-state index contributed by atoms with van der Waals surface area (Å²) in [5.74, 6) is 1.01. The van der Waals surface area contributed by atoms with Crippen LogP contribution in [0.2, 0.25) is 0 Å². The number of nitrogens with zero attached hydrogens (tertiary/aromatic N) is 3. The van der Waals surface area contributed by atoms with Crippen molar-refractivity contribution >= 4 is 17.8 Å². The lowest BCUT2D eigenvalue weighted by Crippen LogP contribution is -2.52. The zero-order chi connectivity index (χ0) is 16.4. The van der Waals surface area contributed by atoms with Gasteiger partial charge < -0.3 is 10.2 Å². The molecule has 1 aromatic rings. The molecule has 5 nitrogen and oxygen atoms in total. The molecule has 2 rings (SSSR count). The second kappa shape index (κ2) is 6.94. The minimum absolute atomic E-state index is 0.0262. The Bertz CT molecular complexity index is 542. The third kappa shape index (κ3) is 3.26. The van der Waals surface area contributed by atoms with Crippen LogP contribution in [-0.2, 0) is 7.05 Å². The predicted octanol–water partition coefficient (Wildman–Crippen LogP) is 3.02. The summed E-state index contributed by atoms with van der Waals surface area (Å²) in [6.45, 7) is 11.3. The summed E-state index contributed by atoms with van der Waals surface area (Å²) >= 11 is 1.94. The maximum atomic E-state index is 12.7. The molecule has 1 aliphatic rings. The molecule has 0 radical (unpaired) electrons. The molecule has 0 aliphatic carbocycles. The molecule has 0 spiro atoms. The molecular weight excluding hydrogens is 296 g/mol. The minimum atomic E-state index is 0.0262. The van der Waals surface area contributed by atoms with Gasteiger partial charge in [-0.15, -0.1) is 0 Å². The van der Waals surface area contributed by atoms with Crippen LogP contribution >= 0.6 is 11.8 Å². The fraction of sp³-hybridized carbons (Fsp3) is 0.750. The lowest BCUT2D eigenvalue weighted by atomic mass is 10.0. The Labute approximate surface area is 137 Å². The number of hydrogen-bond acceptors (Lipinski definition) is 3. The number of thioether (sulfide) groups is 1. The zero-order valence-corrected chi connectivity index (χ0v) is 15.3. The molecule has 0 saturated carbocycles. The quantitative estimate of drug-likeness (QED) is 0.930. The summed E-state index contributed by atoms with van der Waals surface area (Å²) in [6.07, 6.45) is 0.867. The first-order chi connectivity index (χ1) is 10.4. The van der Waals surface area contributed by atoms with E-state index in [0.29, 0.717) is 5.25 Å². The van der Waals surface area contributed by atoms with E-state index in [1.165, 1.54) is 0 Å². The largest absolute Gasteiger partial charge is 0.331 e. The van der Waals surface area contributed by atoms with Crippen molar-refractivity contribution in [3.05, 3.63) is 17.0 Å². The van der Waals surface area contributed by atoms with E-state index in [-0.39, 0.29) is 18.1 Å². The fourth-order valence-electron chi connectivity index (χ4n) is 3.12. The van der Waals surface area contributed by atoms with Crippen LogP contribution in [0.3, 0.4) is 0 Å². The Hall–Kier alpha value is -1.17. The van der Waals surface area contributed by atoms with Crippen LogP contribution in [0, 0.1) is 13.8 Å². The second-order valence-corrected chi connectivity index (χ2v) is 7.61. The van der Waals surface area contributed by atoms with Crippen LogP contribution in [-0.4, -0.2) is 44.3 Å². The molecule has 6 heteroatoms. The molecule has 1 fully saturated rings. The van der Waals surface area contributed by atoms with Gasteiger partial charge in [0.2, 0.25) is 0 Å². The molecule has 1 aromatic heterocycles. The molecule has 0 bridgehead atoms. The molecule has 1 N–H and O–H groups in total. The van der Waals surface area contributed by atoms with Gasteiger partial charge in [0, 0.05) is 41.9 Å². The van der Waals surface area contributed by atoms with Crippen molar-refractivity contribution in [2.45, 2.75) is 58.4 Å². The minimum Gasteiger partial charge on any atom is -0.331 e. The highest BCUT2D eigenvalue weighted by atomic mass is 32.2. The summed E-state index contributed by atoms with van der Waals surface area (Å²) in [6, 6.07) is 0.347. The Morgan fingerprint density at radius 1 is 1.45 bits per heavy atom. The Morgan fingerprint density at radius 2 is 2.14 bits per heavy atom. The molecule has 2 amide bonds. The van der Waals surface area contributed by atoms with Gasteiger partial charge in [-0.3, -0.25) is 4.68 Å². The average molecular weight is 324 g/mol. The number of urea groups is 1. The van der Waals surface area contributed by atoms with Crippen LogP contribution in [0.1, 0.15) is 50.2 Å². The third-order valence-electron chi connectivity index (χ3n) is 4.76. The predicted molar refractivity (Wildman–Crippen MR) is 92.3 cm³/mol. The normalized spacial score (nSPS) is 23.5. The van der Waals surface area contributed by atoms with Crippen molar-refractivity contribution < 1.29 is 4.79 Å². The Kier molecular flexibility index (Phi) is 5.42. The summed E-state index contributed by atoms with van der Waals surface area (Å²) in [5.41, 5.74) is 3.29. The van der Waals surface area contributed by atoms with Crippen molar-refractivity contribution in [3.63, 3.8) is 0 Å². The molecule has 3 atom stereocenters. The SMILES string of the molecule is CCC(NC(=O)N1CCSC(C)C1C)c1c(C)nn(C)c1C. The van der Waals surface area contributed by atoms with Gasteiger partial charge in [0.25, 0.3) is 0 Å². The maximum absolute atomic E-state index is 12.7. The van der Waals surface area contributed by atoms with Gasteiger partial charge in [0.15, 0.2) is 0 Å². The monoisotopic (exact) mass is 324 g/mol. The number of carbonyl (C=O) groups is 1. The zero-order valence-electron chi connectivity index (χ0n) is 14.5. The summed E-state index contributed by atoms with van der Waals surface area (Å²) in [4.78, 5) is 14.7. The Balaban J connectivity index is 2.14. The van der Waals surface area contributed by atoms with E-state index >= 15 is 0 Å². The van der Waals surface area contributed by atoms with Gasteiger partial charge in [0.05, 0.1) is 11.7 Å². The van der Waals surface area contributed by atoms with E-state index < -0.39 is 0 Å². The van der Waals surface area contributed by atoms with Gasteiger partial charge in [-0.05, 0) is 27.2 Å². The highest BCUT2D eigenvalue weighted by Gasteiger charge is 2.30. The van der Waals surface area contributed by atoms with E-state index in [1.54, 1.807) is 0 Å². The van der Waals surface area contributed by atoms with Gasteiger partial charge >= 0.3 is 6.03 Å². The average Bonchev–Trinajstić information content (AvgIpc) is 2.72. The van der Waals surface area contributed by atoms with Crippen molar-refractivity contribution in [3.8, 4) is 0 Å². The molecule has 1 aliphatic heterocycles. The summed E-state index contributed by atoms with van der Waals surface area (Å²) < 4.78 is 1.89. The standard InChI is InChI=1S/C16H28N4OS/c1-7-14(15-10(2)18-19(6)12(15)4)17-16(21)20-8-9-22-13(5)11(20)3/h11,13-14H,7-9H2,1-6H3,(H,17,21). The van der Waals surface area contributed by atoms with Crippen molar-refractivity contribution in [1.82, 2.24) is 20.0 Å². The molecule has 2 heterocycles. The van der Waals surface area contributed by atoms with Crippen molar-refractivity contribution in [1.29, 1.82) is 0 Å². The van der Waals surface area contributed by atoms with E-state index in [4.69, 9.17) is 0 Å². The van der Waals surface area contributed by atoms with E-state index in [1.807, 2.05) is 35.3 Å². The number of nitrogens with one attached hydrogen (secondary N) is 1. The Morgan fingerprint density at radius 3 is 2.68 bits per heavy atom. The van der Waals surface area contributed by atoms with E-state index in [9.17, 15) is 4.79 Å². The first-order valence-corrected chi connectivity index (χ1v) is 9.10. The number of aryl methyl sites for hydroxylation is 2. The molecule has 0 aromatic carbocycles. The number of carbonyl (C=O) groups excluding carboxylic acids is 1. The molecule has 3 unspecified atom stereocenters. The fourth-order valence-corrected chi connectivity index (χ4v) is 4.22. The van der Waals surface area contributed by atoms with Crippen LogP contribution in [0.15, 0.2) is 0 Å². The highest BCUT2D eigenvalue weighted by molar-refractivity contribution is 8.00. The van der Waals surface area contributed by atoms with Crippen LogP contribution in [0.25, 0.3) is 0 Å². The molecular formula is C16H28N4OS. The maximum Gasteiger partial charge on any atom is 0.318 e. The second-order valence-electron chi connectivity index (χ2n) is 6.13. The van der Waals surface area contributed by atoms with Crippen LogP contribution in [0.5, 0.6) is 0 Å². The molecule has 1 saturated heterocycles. The van der Waals surface area contributed by atoms with Gasteiger partial charge in [-0.1, -0.05) is 13.8 Å². The highest BCUT2D eigenvalue weighted by Crippen LogP contribution is 2.27. The number of rotatable bonds is 3. The molecule has 124 valence electrons. The van der Waals surface area contributed by atoms with Crippen LogP contribution in [0.4, 0.5) is 4.79 Å². The van der Waals surface area contributed by atoms with Gasteiger partial charge in [-0.2, -0.15) is 16.9 Å². The lowest BCUT2D eigenvalue weighted by molar-refractivity contribution is 0.176. The van der Waals surface area contributed by atoms with E-state index in [2.05, 4.69) is 38.1 Å². The van der Waals surface area contributed by atoms with Gasteiger partial charge in [0.1, 0.15) is 0 Å². The first kappa shape index (κ1) is 17.2. The third-order valence-corrected chi connectivity index (χ3v) is 6.10. The smallest absolute Gasteiger partial charge is 0.318 e. The summed E-state index contributed by atoms with van der Waals surface area (Å²) in [5, 5.41) is 8.19. The summed E-state index contributed by atoms with van der Waals surface area (Å²) in [7, 11) is 1.95. The van der Waals surface area contributed by atoms with E-state index in [0.717, 1.165) is 35.7 Å². The van der Waals surface area contributed by atoms with Crippen LogP contribution < -0.4 is 5.32 Å². The number of amides is 2. The first-order valence-electron chi connectivity index (χ1n) is 8.05. The van der Waals surface area contributed by atoms with Gasteiger partial charge in [-0.25, -0.2) is 4.79 Å². The van der Waals surface area contributed by atoms with Crippen molar-refractivity contribution in [2.24, 2.45) is 7.05 Å². The number of aromatic nitrogens is 2. The number of hydrogen-bond donors (Lipinski definition) is 1.